The Labute approximate surface area is 258 Å². The van der Waals surface area contributed by atoms with Gasteiger partial charge in [-0.1, -0.05) is 121 Å². The van der Waals surface area contributed by atoms with E-state index in [0.717, 1.165) is 66.3 Å². The number of rotatable bonds is 3. The molecule has 0 bridgehead atoms. The molecule has 3 nitrogen and oxygen atoms in total. The van der Waals surface area contributed by atoms with Gasteiger partial charge < -0.3 is 13.7 Å². The molecule has 10 aromatic rings. The summed E-state index contributed by atoms with van der Waals surface area (Å²) < 4.78 is 13.7. The van der Waals surface area contributed by atoms with Gasteiger partial charge in [-0.15, -0.1) is 0 Å². The van der Waals surface area contributed by atoms with Crippen LogP contribution in [0.2, 0.25) is 0 Å². The third-order valence-corrected chi connectivity index (χ3v) is 9.22. The molecule has 3 heteroatoms. The number of nitrogens with zero attached hydrogens (tertiary/aromatic N) is 1. The molecule has 0 N–H and O–H groups in total. The average molecular weight is 576 g/mol. The molecule has 0 radical (unpaired) electrons. The molecular formula is C42H25NO2. The van der Waals surface area contributed by atoms with Gasteiger partial charge in [-0.3, -0.25) is 0 Å². The Bertz CT molecular complexity index is 2770. The van der Waals surface area contributed by atoms with E-state index < -0.39 is 0 Å². The molecule has 8 aromatic carbocycles. The van der Waals surface area contributed by atoms with Crippen molar-refractivity contribution in [3.05, 3.63) is 152 Å². The lowest BCUT2D eigenvalue weighted by atomic mass is 9.93. The molecule has 0 saturated carbocycles. The zero-order valence-electron chi connectivity index (χ0n) is 24.2. The highest BCUT2D eigenvalue weighted by Gasteiger charge is 2.24. The molecule has 0 spiro atoms. The molecular weight excluding hydrogens is 550 g/mol. The Morgan fingerprint density at radius 2 is 0.911 bits per heavy atom. The summed E-state index contributed by atoms with van der Waals surface area (Å²) in [6.07, 6.45) is 0. The van der Waals surface area contributed by atoms with Crippen LogP contribution in [-0.2, 0) is 0 Å². The summed E-state index contributed by atoms with van der Waals surface area (Å²) in [6.45, 7) is 0. The first-order valence-corrected chi connectivity index (χ1v) is 15.3. The molecule has 210 valence electrons. The summed E-state index contributed by atoms with van der Waals surface area (Å²) in [5, 5.41) is 11.6. The second kappa shape index (κ2) is 9.22. The number of anilines is 3. The normalized spacial score (nSPS) is 12.0. The molecule has 2 heterocycles. The molecule has 0 unspecified atom stereocenters. The Morgan fingerprint density at radius 1 is 0.333 bits per heavy atom. The van der Waals surface area contributed by atoms with Crippen molar-refractivity contribution in [1.82, 2.24) is 0 Å². The maximum atomic E-state index is 7.14. The molecule has 45 heavy (non-hydrogen) atoms. The van der Waals surface area contributed by atoms with Gasteiger partial charge in [0, 0.05) is 32.6 Å². The van der Waals surface area contributed by atoms with Gasteiger partial charge in [0.25, 0.3) is 0 Å². The van der Waals surface area contributed by atoms with E-state index in [-0.39, 0.29) is 0 Å². The highest BCUT2D eigenvalue weighted by atomic mass is 16.3. The maximum absolute atomic E-state index is 7.14. The molecule has 10 rings (SSSR count). The van der Waals surface area contributed by atoms with Crippen molar-refractivity contribution in [2.75, 3.05) is 4.90 Å². The van der Waals surface area contributed by atoms with Gasteiger partial charge in [0.15, 0.2) is 11.2 Å². The molecule has 0 aliphatic heterocycles. The van der Waals surface area contributed by atoms with Crippen molar-refractivity contribution in [2.24, 2.45) is 0 Å². The Hall–Kier alpha value is -6.06. The van der Waals surface area contributed by atoms with Crippen LogP contribution in [0.3, 0.4) is 0 Å². The molecule has 0 fully saturated rings. The van der Waals surface area contributed by atoms with Crippen molar-refractivity contribution >= 4 is 93.3 Å². The number of fused-ring (bicyclic) bond motifs is 13. The van der Waals surface area contributed by atoms with Gasteiger partial charge in [0.1, 0.15) is 11.2 Å². The van der Waals surface area contributed by atoms with Crippen molar-refractivity contribution in [2.45, 2.75) is 0 Å². The summed E-state index contributed by atoms with van der Waals surface area (Å²) in [6, 6.07) is 53.3. The van der Waals surface area contributed by atoms with Crippen LogP contribution < -0.4 is 4.90 Å². The zero-order chi connectivity index (χ0) is 29.5. The number of para-hydroxylation sites is 4. The van der Waals surface area contributed by atoms with Crippen LogP contribution in [0.4, 0.5) is 17.1 Å². The quantitative estimate of drug-likeness (QED) is 0.196. The predicted octanol–water partition coefficient (Wildman–Crippen LogP) is 12.4. The Balaban J connectivity index is 1.37. The number of furan rings is 2. The summed E-state index contributed by atoms with van der Waals surface area (Å²) in [5.41, 5.74) is 6.42. The van der Waals surface area contributed by atoms with Crippen molar-refractivity contribution in [3.63, 3.8) is 0 Å². The molecule has 0 aliphatic rings. The summed E-state index contributed by atoms with van der Waals surface area (Å²) in [7, 11) is 0. The highest BCUT2D eigenvalue weighted by Crippen LogP contribution is 2.49. The molecule has 0 atom stereocenters. The minimum absolute atomic E-state index is 0.843. The fourth-order valence-electron chi connectivity index (χ4n) is 7.29. The first-order valence-electron chi connectivity index (χ1n) is 15.3. The van der Waals surface area contributed by atoms with Gasteiger partial charge >= 0.3 is 0 Å². The van der Waals surface area contributed by atoms with Gasteiger partial charge in [0.05, 0.1) is 11.4 Å². The molecule has 0 amide bonds. The van der Waals surface area contributed by atoms with Crippen LogP contribution in [-0.4, -0.2) is 0 Å². The minimum atomic E-state index is 0.843. The summed E-state index contributed by atoms with van der Waals surface area (Å²) in [5.74, 6) is 0. The predicted molar refractivity (Wildman–Crippen MR) is 188 cm³/mol. The van der Waals surface area contributed by atoms with Crippen LogP contribution >= 0.6 is 0 Å². The van der Waals surface area contributed by atoms with E-state index in [9.17, 15) is 0 Å². The molecule has 0 saturated heterocycles. The lowest BCUT2D eigenvalue weighted by Crippen LogP contribution is -2.10. The number of hydrogen-bond acceptors (Lipinski definition) is 3. The Kier molecular flexibility index (Phi) is 5.00. The minimum Gasteiger partial charge on any atom is -0.454 e. The van der Waals surface area contributed by atoms with Crippen LogP contribution in [0.1, 0.15) is 0 Å². The molecule has 0 aliphatic carbocycles. The molecule has 2 aromatic heterocycles. The van der Waals surface area contributed by atoms with Gasteiger partial charge in [-0.2, -0.15) is 0 Å². The van der Waals surface area contributed by atoms with Crippen molar-refractivity contribution in [1.29, 1.82) is 0 Å². The van der Waals surface area contributed by atoms with Gasteiger partial charge in [0.2, 0.25) is 0 Å². The lowest BCUT2D eigenvalue weighted by molar-refractivity contribution is 0.667. The average Bonchev–Trinajstić information content (AvgIpc) is 3.69. The van der Waals surface area contributed by atoms with Crippen LogP contribution in [0.15, 0.2) is 160 Å². The number of benzene rings is 8. The smallest absolute Gasteiger partial charge is 0.159 e. The van der Waals surface area contributed by atoms with Crippen LogP contribution in [0.25, 0.3) is 76.2 Å². The highest BCUT2D eigenvalue weighted by molar-refractivity contribution is 6.35. The SMILES string of the molecule is c1ccc(N(c2cccc3c2oc2ccccc23)c2cccc3c2oc2c4c5ccccc5ccc4c4ccccc4c32)cc1. The fourth-order valence-corrected chi connectivity index (χ4v) is 7.29. The second-order valence-electron chi connectivity index (χ2n) is 11.6. The van der Waals surface area contributed by atoms with E-state index in [0.29, 0.717) is 0 Å². The lowest BCUT2D eigenvalue weighted by Gasteiger charge is -2.25. The summed E-state index contributed by atoms with van der Waals surface area (Å²) >= 11 is 0. The van der Waals surface area contributed by atoms with Gasteiger partial charge in [-0.25, -0.2) is 0 Å². The third kappa shape index (κ3) is 3.41. The van der Waals surface area contributed by atoms with Crippen LogP contribution in [0, 0.1) is 0 Å². The standard InChI is InChI=1S/C42H25NO2/c1-2-13-27(14-3-1)43(35-21-10-19-33-30-17-8-9-23-37(30)44-40(33)35)36-22-11-20-34-39-31-18-7-6-16-29(31)32-25-24-26-12-4-5-15-28(26)38(32)42(39)45-41(34)36/h1-25H. The van der Waals surface area contributed by atoms with Crippen LogP contribution in [0.5, 0.6) is 0 Å². The Morgan fingerprint density at radius 3 is 1.73 bits per heavy atom. The number of hydrogen-bond donors (Lipinski definition) is 0. The van der Waals surface area contributed by atoms with E-state index in [1.54, 1.807) is 0 Å². The monoisotopic (exact) mass is 575 g/mol. The van der Waals surface area contributed by atoms with E-state index in [4.69, 9.17) is 8.83 Å². The van der Waals surface area contributed by atoms with Gasteiger partial charge in [-0.05, 0) is 57.3 Å². The van der Waals surface area contributed by atoms with E-state index in [1.165, 1.54) is 26.9 Å². The first kappa shape index (κ1) is 24.4. The van der Waals surface area contributed by atoms with Crippen molar-refractivity contribution in [3.8, 4) is 0 Å². The van der Waals surface area contributed by atoms with E-state index in [2.05, 4.69) is 144 Å². The third-order valence-electron chi connectivity index (χ3n) is 9.22. The topological polar surface area (TPSA) is 29.5 Å². The second-order valence-corrected chi connectivity index (χ2v) is 11.6. The van der Waals surface area contributed by atoms with Crippen molar-refractivity contribution < 1.29 is 8.83 Å². The first-order chi connectivity index (χ1) is 22.3. The largest absolute Gasteiger partial charge is 0.454 e. The summed E-state index contributed by atoms with van der Waals surface area (Å²) in [4.78, 5) is 2.28. The van der Waals surface area contributed by atoms with E-state index in [1.807, 2.05) is 12.1 Å². The van der Waals surface area contributed by atoms with E-state index >= 15 is 0 Å². The fraction of sp³-hybridized carbons (Fsp3) is 0. The zero-order valence-corrected chi connectivity index (χ0v) is 24.2. The maximum Gasteiger partial charge on any atom is 0.159 e.